The molecule has 8 nitrogen and oxygen atoms in total. The largest absolute Gasteiger partial charge is 0.469 e. The zero-order valence-corrected chi connectivity index (χ0v) is 12.5. The number of methoxy groups -OCH3 is 2. The first-order valence-electron chi connectivity index (χ1n) is 6.32. The minimum atomic E-state index is -0.826. The molecule has 22 heavy (non-hydrogen) atoms. The van der Waals surface area contributed by atoms with Crippen LogP contribution >= 0.6 is 0 Å². The van der Waals surface area contributed by atoms with Gasteiger partial charge >= 0.3 is 11.9 Å². The van der Waals surface area contributed by atoms with Gasteiger partial charge in [-0.25, -0.2) is 10.2 Å². The maximum absolute atomic E-state index is 12.1. The number of hydrogen-bond acceptors (Lipinski definition) is 7. The molecule has 0 unspecified atom stereocenters. The minimum absolute atomic E-state index is 0.260. The third-order valence-corrected chi connectivity index (χ3v) is 2.69. The fourth-order valence-corrected chi connectivity index (χ4v) is 1.56. The molecule has 0 aromatic heterocycles. The van der Waals surface area contributed by atoms with Crippen molar-refractivity contribution in [1.29, 1.82) is 0 Å². The molecule has 0 saturated heterocycles. The summed E-state index contributed by atoms with van der Waals surface area (Å²) in [4.78, 5) is 34.8. The number of rotatable bonds is 6. The highest BCUT2D eigenvalue weighted by molar-refractivity contribution is 6.39. The van der Waals surface area contributed by atoms with E-state index in [-0.39, 0.29) is 5.71 Å². The van der Waals surface area contributed by atoms with E-state index in [9.17, 15) is 14.4 Å². The van der Waals surface area contributed by atoms with Gasteiger partial charge in [-0.2, -0.15) is 5.10 Å². The van der Waals surface area contributed by atoms with E-state index in [0.717, 1.165) is 7.11 Å². The number of esters is 2. The Morgan fingerprint density at radius 3 is 2.41 bits per heavy atom. The number of nitrogens with one attached hydrogen (secondary N) is 2. The lowest BCUT2D eigenvalue weighted by atomic mass is 10.1. The lowest BCUT2D eigenvalue weighted by Gasteiger charge is -2.08. The lowest BCUT2D eigenvalue weighted by molar-refractivity contribution is -0.140. The summed E-state index contributed by atoms with van der Waals surface area (Å²) in [5.74, 6) is -2.03. The van der Waals surface area contributed by atoms with Gasteiger partial charge in [-0.15, -0.1) is 0 Å². The Balaban J connectivity index is 2.91. The molecule has 0 bridgehead atoms. The second-order valence-electron chi connectivity index (χ2n) is 4.04. The van der Waals surface area contributed by atoms with Crippen molar-refractivity contribution in [3.63, 3.8) is 0 Å². The maximum atomic E-state index is 12.1. The van der Waals surface area contributed by atoms with E-state index in [4.69, 9.17) is 0 Å². The first-order valence-corrected chi connectivity index (χ1v) is 6.32. The third kappa shape index (κ3) is 4.58. The summed E-state index contributed by atoms with van der Waals surface area (Å²) in [5, 5.41) is 6.51. The van der Waals surface area contributed by atoms with Gasteiger partial charge in [0.25, 0.3) is 5.91 Å². The molecule has 0 radical (unpaired) electrons. The first-order chi connectivity index (χ1) is 10.5. The monoisotopic (exact) mass is 307 g/mol. The number of carbonyl (C=O) groups is 3. The number of carbonyl (C=O) groups excluding carboxylic acids is 3. The maximum Gasteiger partial charge on any atom is 0.354 e. The fourth-order valence-electron chi connectivity index (χ4n) is 1.56. The van der Waals surface area contributed by atoms with Crippen LogP contribution in [0.1, 0.15) is 16.8 Å². The smallest absolute Gasteiger partial charge is 0.354 e. The molecule has 0 heterocycles. The molecule has 1 amide bonds. The molecule has 0 fully saturated rings. The highest BCUT2D eigenvalue weighted by atomic mass is 16.5. The number of para-hydroxylation sites is 1. The van der Waals surface area contributed by atoms with Crippen molar-refractivity contribution in [1.82, 2.24) is 5.43 Å². The van der Waals surface area contributed by atoms with Crippen LogP contribution in [0.5, 0.6) is 0 Å². The molecule has 0 aliphatic heterocycles. The van der Waals surface area contributed by atoms with Crippen molar-refractivity contribution in [2.45, 2.75) is 6.42 Å². The van der Waals surface area contributed by atoms with Gasteiger partial charge in [0.2, 0.25) is 0 Å². The van der Waals surface area contributed by atoms with Gasteiger partial charge in [0, 0.05) is 12.7 Å². The summed E-state index contributed by atoms with van der Waals surface area (Å²) in [6.07, 6.45) is -0.406. The van der Waals surface area contributed by atoms with E-state index in [0.29, 0.717) is 11.3 Å². The predicted molar refractivity (Wildman–Crippen MR) is 79.5 cm³/mol. The van der Waals surface area contributed by atoms with Gasteiger partial charge in [0.15, 0.2) is 5.71 Å². The zero-order valence-electron chi connectivity index (χ0n) is 12.5. The van der Waals surface area contributed by atoms with E-state index in [1.807, 2.05) is 0 Å². The zero-order chi connectivity index (χ0) is 16.5. The number of nitrogens with zero attached hydrogens (tertiary/aromatic N) is 1. The number of hydrogen-bond donors (Lipinski definition) is 2. The molecule has 8 heteroatoms. The molecule has 0 aliphatic rings. The van der Waals surface area contributed by atoms with Crippen molar-refractivity contribution in [2.75, 3.05) is 26.6 Å². The quantitative estimate of drug-likeness (QED) is 0.451. The standard InChI is InChI=1S/C14H17N3O5/c1-15-10-7-5-4-6-9(10)13(19)17-16-11(14(20)22-3)8-12(18)21-2/h4-7,15H,8H2,1-3H3,(H,17,19)/b16-11+. The fraction of sp³-hybridized carbons (Fsp3) is 0.286. The van der Waals surface area contributed by atoms with Crippen LogP contribution in [-0.4, -0.2) is 44.8 Å². The van der Waals surface area contributed by atoms with E-state index in [1.165, 1.54) is 7.11 Å². The summed E-state index contributed by atoms with van der Waals surface area (Å²) >= 11 is 0. The van der Waals surface area contributed by atoms with Crippen LogP contribution in [0.2, 0.25) is 0 Å². The van der Waals surface area contributed by atoms with Gasteiger partial charge in [0.1, 0.15) is 0 Å². The Hall–Kier alpha value is -2.90. The highest BCUT2D eigenvalue weighted by Gasteiger charge is 2.18. The van der Waals surface area contributed by atoms with Crippen LogP contribution < -0.4 is 10.7 Å². The average Bonchev–Trinajstić information content (AvgIpc) is 2.56. The molecule has 1 aromatic carbocycles. The van der Waals surface area contributed by atoms with Crippen molar-refractivity contribution in [2.24, 2.45) is 5.10 Å². The molecule has 1 aromatic rings. The Morgan fingerprint density at radius 1 is 1.14 bits per heavy atom. The second-order valence-corrected chi connectivity index (χ2v) is 4.04. The summed E-state index contributed by atoms with van der Waals surface area (Å²) in [7, 11) is 4.00. The van der Waals surface area contributed by atoms with Gasteiger partial charge < -0.3 is 14.8 Å². The normalized spacial score (nSPS) is 10.6. The van der Waals surface area contributed by atoms with Crippen LogP contribution in [0.25, 0.3) is 0 Å². The van der Waals surface area contributed by atoms with Crippen molar-refractivity contribution < 1.29 is 23.9 Å². The predicted octanol–water partition coefficient (Wildman–Crippen LogP) is 0.550. The Bertz CT molecular complexity index is 598. The van der Waals surface area contributed by atoms with Crippen LogP contribution in [-0.2, 0) is 19.1 Å². The number of benzene rings is 1. The van der Waals surface area contributed by atoms with Crippen LogP contribution in [0, 0.1) is 0 Å². The molecular formula is C14H17N3O5. The number of amides is 1. The summed E-state index contributed by atoms with van der Waals surface area (Å²) in [5.41, 5.74) is 2.90. The Labute approximate surface area is 127 Å². The minimum Gasteiger partial charge on any atom is -0.469 e. The summed E-state index contributed by atoms with van der Waals surface area (Å²) in [6, 6.07) is 6.77. The van der Waals surface area contributed by atoms with Gasteiger partial charge in [-0.05, 0) is 12.1 Å². The summed E-state index contributed by atoms with van der Waals surface area (Å²) in [6.45, 7) is 0. The van der Waals surface area contributed by atoms with Crippen molar-refractivity contribution >= 4 is 29.2 Å². The van der Waals surface area contributed by atoms with Crippen LogP contribution in [0.3, 0.4) is 0 Å². The molecule has 1 rings (SSSR count). The van der Waals surface area contributed by atoms with Crippen molar-refractivity contribution in [3.8, 4) is 0 Å². The second kappa shape index (κ2) is 8.40. The SMILES string of the molecule is CNc1ccccc1C(=O)N/N=C(\CC(=O)OC)C(=O)OC. The Kier molecular flexibility index (Phi) is 6.55. The topological polar surface area (TPSA) is 106 Å². The molecule has 118 valence electrons. The van der Waals surface area contributed by atoms with Gasteiger partial charge in [0.05, 0.1) is 26.2 Å². The van der Waals surface area contributed by atoms with Crippen molar-refractivity contribution in [3.05, 3.63) is 29.8 Å². The molecular weight excluding hydrogens is 290 g/mol. The summed E-state index contributed by atoms with van der Waals surface area (Å²) < 4.78 is 8.95. The molecule has 0 saturated carbocycles. The number of ether oxygens (including phenoxy) is 2. The number of anilines is 1. The van der Waals surface area contributed by atoms with Gasteiger partial charge in [-0.1, -0.05) is 12.1 Å². The average molecular weight is 307 g/mol. The van der Waals surface area contributed by atoms with Crippen LogP contribution in [0.4, 0.5) is 5.69 Å². The number of hydrazone groups is 1. The van der Waals surface area contributed by atoms with Gasteiger partial charge in [-0.3, -0.25) is 9.59 Å². The van der Waals surface area contributed by atoms with E-state index in [1.54, 1.807) is 31.3 Å². The molecule has 0 atom stereocenters. The van der Waals surface area contributed by atoms with E-state index in [2.05, 4.69) is 25.3 Å². The molecule has 0 aliphatic carbocycles. The van der Waals surface area contributed by atoms with E-state index < -0.39 is 24.3 Å². The Morgan fingerprint density at radius 2 is 1.82 bits per heavy atom. The highest BCUT2D eigenvalue weighted by Crippen LogP contribution is 2.13. The van der Waals surface area contributed by atoms with Crippen LogP contribution in [0.15, 0.2) is 29.4 Å². The lowest BCUT2D eigenvalue weighted by Crippen LogP contribution is -2.26. The first kappa shape index (κ1) is 17.2. The molecule has 2 N–H and O–H groups in total. The third-order valence-electron chi connectivity index (χ3n) is 2.69. The molecule has 0 spiro atoms. The van der Waals surface area contributed by atoms with E-state index >= 15 is 0 Å².